The van der Waals surface area contributed by atoms with E-state index in [4.69, 9.17) is 9.08 Å². The minimum atomic E-state index is -1.94. The van der Waals surface area contributed by atoms with E-state index in [1.165, 1.54) is 5.56 Å². The lowest BCUT2D eigenvalue weighted by Crippen LogP contribution is -2.50. The van der Waals surface area contributed by atoms with E-state index in [1.54, 1.807) is 0 Å². The molecule has 0 aliphatic heterocycles. The lowest BCUT2D eigenvalue weighted by atomic mass is 10.0. The van der Waals surface area contributed by atoms with E-state index in [1.807, 2.05) is 0 Å². The zero-order chi connectivity index (χ0) is 21.8. The molecule has 0 radical (unpaired) electrons. The van der Waals surface area contributed by atoms with E-state index in [0.29, 0.717) is 16.6 Å². The van der Waals surface area contributed by atoms with Crippen molar-refractivity contribution in [3.8, 4) is 5.75 Å². The van der Waals surface area contributed by atoms with Crippen LogP contribution in [0.5, 0.6) is 5.75 Å². The molecule has 0 atom stereocenters. The summed E-state index contributed by atoms with van der Waals surface area (Å²) in [6, 6.07) is 19.2. The second-order valence-corrected chi connectivity index (χ2v) is 19.9. The zero-order valence-corrected chi connectivity index (χ0v) is 21.8. The van der Waals surface area contributed by atoms with Crippen LogP contribution in [0.2, 0.25) is 36.3 Å². The molecule has 0 N–H and O–H groups in total. The van der Waals surface area contributed by atoms with Crippen molar-refractivity contribution < 1.29 is 4.43 Å². The Labute approximate surface area is 180 Å². The average Bonchev–Trinajstić information content (AvgIpc) is 2.64. The summed E-state index contributed by atoms with van der Waals surface area (Å²) in [5.41, 5.74) is 5.13. The van der Waals surface area contributed by atoms with Crippen LogP contribution in [0, 0.1) is 0 Å². The quantitative estimate of drug-likeness (QED) is 0.311. The number of hydrogen-bond acceptors (Lipinski definition) is 2. The highest BCUT2D eigenvalue weighted by Crippen LogP contribution is 2.42. The van der Waals surface area contributed by atoms with E-state index in [2.05, 4.69) is 116 Å². The van der Waals surface area contributed by atoms with Gasteiger partial charge in [0.05, 0.1) is 5.71 Å². The second-order valence-electron chi connectivity index (χ2n) is 9.94. The maximum absolute atomic E-state index is 6.84. The Morgan fingerprint density at radius 1 is 0.690 bits per heavy atom. The number of nitrogens with zero attached hydrogens (tertiary/aromatic N) is 1. The van der Waals surface area contributed by atoms with Gasteiger partial charge in [0.2, 0.25) is 0 Å². The minimum Gasteiger partial charge on any atom is -0.543 e. The molecule has 2 aromatic carbocycles. The van der Waals surface area contributed by atoms with Gasteiger partial charge in [-0.15, -0.1) is 0 Å². The Kier molecular flexibility index (Phi) is 7.69. The van der Waals surface area contributed by atoms with Crippen LogP contribution < -0.4 is 4.43 Å². The molecule has 29 heavy (non-hydrogen) atoms. The summed E-state index contributed by atoms with van der Waals surface area (Å²) in [6.07, 6.45) is 0. The van der Waals surface area contributed by atoms with Gasteiger partial charge in [-0.05, 0) is 71.7 Å². The Morgan fingerprint density at radius 3 is 1.55 bits per heavy atom. The Balaban J connectivity index is 2.43. The second kappa shape index (κ2) is 9.44. The molecule has 0 amide bonds. The molecule has 4 heteroatoms. The fraction of sp³-hybridized carbons (Fsp3) is 0.480. The first-order valence-electron chi connectivity index (χ1n) is 10.9. The van der Waals surface area contributed by atoms with Gasteiger partial charge in [0, 0.05) is 0 Å². The summed E-state index contributed by atoms with van der Waals surface area (Å²) in [5, 5.41) is 0. The van der Waals surface area contributed by atoms with E-state index in [0.717, 1.165) is 17.0 Å². The average molecular weight is 426 g/mol. The number of hydrogen-bond donors (Lipinski definition) is 0. The molecule has 0 aliphatic rings. The van der Waals surface area contributed by atoms with Gasteiger partial charge in [0.25, 0.3) is 8.32 Å². The standard InChI is InChI=1S/C25H39NOSi2/c1-19(2)29(20(3)4,21(5)6)27-24-17-15-23(16-18-24)25(26-28(7,8)9)22-13-11-10-12-14-22/h10-21H,1-9H3. The largest absolute Gasteiger partial charge is 0.543 e. The molecule has 2 aromatic rings. The summed E-state index contributed by atoms with van der Waals surface area (Å²) in [7, 11) is -3.56. The van der Waals surface area contributed by atoms with Crippen LogP contribution >= 0.6 is 0 Å². The Hall–Kier alpha value is -1.66. The molecule has 2 nitrogen and oxygen atoms in total. The van der Waals surface area contributed by atoms with Crippen molar-refractivity contribution in [2.45, 2.75) is 77.8 Å². The van der Waals surface area contributed by atoms with E-state index >= 15 is 0 Å². The first-order chi connectivity index (χ1) is 13.5. The molecule has 0 bridgehead atoms. The van der Waals surface area contributed by atoms with Gasteiger partial charge < -0.3 is 9.08 Å². The fourth-order valence-electron chi connectivity index (χ4n) is 4.47. The van der Waals surface area contributed by atoms with E-state index < -0.39 is 16.6 Å². The van der Waals surface area contributed by atoms with Crippen molar-refractivity contribution in [1.82, 2.24) is 0 Å². The van der Waals surface area contributed by atoms with E-state index in [-0.39, 0.29) is 0 Å². The lowest BCUT2D eigenvalue weighted by Gasteiger charge is -2.42. The molecule has 0 heterocycles. The first kappa shape index (κ1) is 23.6. The van der Waals surface area contributed by atoms with Crippen molar-refractivity contribution in [2.24, 2.45) is 4.66 Å². The Morgan fingerprint density at radius 2 is 1.14 bits per heavy atom. The summed E-state index contributed by atoms with van der Waals surface area (Å²) in [5.74, 6) is 0.997. The van der Waals surface area contributed by atoms with Crippen LogP contribution in [-0.4, -0.2) is 22.3 Å². The van der Waals surface area contributed by atoms with Gasteiger partial charge in [0.1, 0.15) is 5.75 Å². The van der Waals surface area contributed by atoms with Crippen molar-refractivity contribution in [2.75, 3.05) is 0 Å². The highest BCUT2D eigenvalue weighted by molar-refractivity contribution is 6.78. The highest BCUT2D eigenvalue weighted by atomic mass is 28.4. The third-order valence-corrected chi connectivity index (χ3v) is 12.5. The van der Waals surface area contributed by atoms with E-state index in [9.17, 15) is 0 Å². The molecule has 0 fully saturated rings. The predicted octanol–water partition coefficient (Wildman–Crippen LogP) is 7.91. The summed E-state index contributed by atoms with van der Waals surface area (Å²) >= 11 is 0. The van der Waals surface area contributed by atoms with Gasteiger partial charge in [-0.1, -0.05) is 71.9 Å². The number of benzene rings is 2. The zero-order valence-electron chi connectivity index (χ0n) is 19.8. The maximum Gasteiger partial charge on any atom is 0.258 e. The van der Waals surface area contributed by atoms with Crippen LogP contribution in [0.1, 0.15) is 52.7 Å². The molecule has 158 valence electrons. The van der Waals surface area contributed by atoms with Crippen molar-refractivity contribution in [1.29, 1.82) is 0 Å². The van der Waals surface area contributed by atoms with Gasteiger partial charge in [-0.3, -0.25) is 0 Å². The number of rotatable bonds is 8. The first-order valence-corrected chi connectivity index (χ1v) is 16.5. The highest BCUT2D eigenvalue weighted by Gasteiger charge is 2.46. The molecular formula is C25H39NOSi2. The van der Waals surface area contributed by atoms with Crippen LogP contribution in [0.3, 0.4) is 0 Å². The monoisotopic (exact) mass is 425 g/mol. The molecule has 2 rings (SSSR count). The molecule has 0 saturated heterocycles. The fourth-order valence-corrected chi connectivity index (χ4v) is 10.6. The van der Waals surface area contributed by atoms with Crippen LogP contribution in [0.15, 0.2) is 59.3 Å². The van der Waals surface area contributed by atoms with Gasteiger partial charge in [-0.2, -0.15) is 0 Å². The van der Waals surface area contributed by atoms with Crippen LogP contribution in [0.4, 0.5) is 0 Å². The molecule has 0 aromatic heterocycles. The Bertz CT molecular complexity index is 781. The smallest absolute Gasteiger partial charge is 0.258 e. The summed E-state index contributed by atoms with van der Waals surface area (Å²) in [6.45, 7) is 20.8. The molecule has 0 aliphatic carbocycles. The van der Waals surface area contributed by atoms with Gasteiger partial charge >= 0.3 is 0 Å². The van der Waals surface area contributed by atoms with Crippen molar-refractivity contribution in [3.63, 3.8) is 0 Å². The van der Waals surface area contributed by atoms with Gasteiger partial charge in [-0.25, -0.2) is 0 Å². The minimum absolute atomic E-state index is 0.565. The summed E-state index contributed by atoms with van der Waals surface area (Å²) < 4.78 is 12.0. The maximum atomic E-state index is 6.84. The van der Waals surface area contributed by atoms with Crippen LogP contribution in [-0.2, 0) is 0 Å². The topological polar surface area (TPSA) is 21.6 Å². The molecule has 0 spiro atoms. The third-order valence-electron chi connectivity index (χ3n) is 5.62. The SMILES string of the molecule is CC(C)[Si](Oc1ccc(C(=N[Si](C)(C)C)c2ccccc2)cc1)(C(C)C)C(C)C. The van der Waals surface area contributed by atoms with Crippen molar-refractivity contribution in [3.05, 3.63) is 65.7 Å². The summed E-state index contributed by atoms with van der Waals surface area (Å²) in [4.78, 5) is 0. The van der Waals surface area contributed by atoms with Crippen molar-refractivity contribution >= 4 is 22.3 Å². The molecule has 0 unspecified atom stereocenters. The molecular weight excluding hydrogens is 386 g/mol. The third kappa shape index (κ3) is 5.70. The predicted molar refractivity (Wildman–Crippen MR) is 134 cm³/mol. The normalized spacial score (nSPS) is 13.4. The van der Waals surface area contributed by atoms with Crippen LogP contribution in [0.25, 0.3) is 0 Å². The molecule has 0 saturated carbocycles. The lowest BCUT2D eigenvalue weighted by molar-refractivity contribution is 0.480. The van der Waals surface area contributed by atoms with Gasteiger partial charge in [0.15, 0.2) is 8.24 Å².